The summed E-state index contributed by atoms with van der Waals surface area (Å²) in [5.41, 5.74) is 8.41. The lowest BCUT2D eigenvalue weighted by atomic mass is 10.1. The minimum absolute atomic E-state index is 0.570. The van der Waals surface area contributed by atoms with Crippen molar-refractivity contribution in [2.45, 2.75) is 0 Å². The van der Waals surface area contributed by atoms with Gasteiger partial charge >= 0.3 is 0 Å². The topological polar surface area (TPSA) is 53.5 Å². The number of hydrogen-bond donors (Lipinski definition) is 0. The molecule has 6 heteroatoms. The Kier molecular flexibility index (Phi) is 5.86. The first-order valence-corrected chi connectivity index (χ1v) is 17.1. The van der Waals surface area contributed by atoms with E-state index >= 15 is 0 Å². The zero-order valence-electron chi connectivity index (χ0n) is 27.3. The average molecular weight is 653 g/mol. The molecule has 0 aliphatic rings. The van der Waals surface area contributed by atoms with Crippen LogP contribution in [0.25, 0.3) is 94.1 Å². The minimum atomic E-state index is 0.570. The Hall–Kier alpha value is -7.05. The predicted octanol–water partition coefficient (Wildman–Crippen LogP) is 10.8. The van der Waals surface area contributed by atoms with Gasteiger partial charge in [-0.1, -0.05) is 146 Å². The van der Waals surface area contributed by atoms with Gasteiger partial charge in [0.1, 0.15) is 0 Å². The lowest BCUT2D eigenvalue weighted by Gasteiger charge is -2.15. The summed E-state index contributed by atoms with van der Waals surface area (Å²) >= 11 is 0. The Morgan fingerprint density at radius 3 is 1.22 bits per heavy atom. The predicted molar refractivity (Wildman–Crippen MR) is 208 cm³/mol. The second-order valence-corrected chi connectivity index (χ2v) is 12.9. The molecule has 11 aromatic rings. The third-order valence-electron chi connectivity index (χ3n) is 10.1. The van der Waals surface area contributed by atoms with Crippen LogP contribution in [0.1, 0.15) is 0 Å². The molecule has 7 aromatic carbocycles. The molecular formula is C45H28N6. The summed E-state index contributed by atoms with van der Waals surface area (Å²) in [6, 6.07) is 59.5. The van der Waals surface area contributed by atoms with Crippen molar-refractivity contribution in [3.63, 3.8) is 0 Å². The van der Waals surface area contributed by atoms with Crippen LogP contribution < -0.4 is 0 Å². The fourth-order valence-corrected chi connectivity index (χ4v) is 7.91. The molecular weight excluding hydrogens is 625 g/mol. The number of para-hydroxylation sites is 4. The summed E-state index contributed by atoms with van der Waals surface area (Å²) in [5, 5.41) is 7.03. The third-order valence-corrected chi connectivity index (χ3v) is 10.1. The van der Waals surface area contributed by atoms with Crippen LogP contribution in [0.3, 0.4) is 0 Å². The van der Waals surface area contributed by atoms with Crippen LogP contribution in [-0.4, -0.2) is 28.9 Å². The molecule has 0 aliphatic carbocycles. The number of nitrogens with zero attached hydrogens (tertiary/aromatic N) is 6. The van der Waals surface area contributed by atoms with E-state index in [2.05, 4.69) is 147 Å². The Morgan fingerprint density at radius 1 is 0.294 bits per heavy atom. The molecule has 0 spiro atoms. The number of rotatable bonds is 4. The zero-order valence-corrected chi connectivity index (χ0v) is 27.3. The van der Waals surface area contributed by atoms with Gasteiger partial charge in [-0.05, 0) is 24.3 Å². The summed E-state index contributed by atoms with van der Waals surface area (Å²) in [6.45, 7) is 0. The van der Waals surface area contributed by atoms with Crippen LogP contribution in [0.5, 0.6) is 0 Å². The van der Waals surface area contributed by atoms with Gasteiger partial charge in [0.05, 0.1) is 33.1 Å². The molecule has 51 heavy (non-hydrogen) atoms. The molecule has 238 valence electrons. The van der Waals surface area contributed by atoms with Crippen molar-refractivity contribution in [1.29, 1.82) is 0 Å². The largest absolute Gasteiger partial charge is 0.276 e. The first-order valence-electron chi connectivity index (χ1n) is 17.1. The molecule has 11 rings (SSSR count). The summed E-state index contributed by atoms with van der Waals surface area (Å²) in [4.78, 5) is 15.5. The number of hydrogen-bond acceptors (Lipinski definition) is 3. The Balaban J connectivity index is 1.35. The molecule has 0 bridgehead atoms. The van der Waals surface area contributed by atoms with Crippen LogP contribution >= 0.6 is 0 Å². The van der Waals surface area contributed by atoms with Crippen molar-refractivity contribution in [2.24, 2.45) is 0 Å². The van der Waals surface area contributed by atoms with E-state index in [0.717, 1.165) is 60.4 Å². The molecule has 0 aliphatic heterocycles. The maximum atomic E-state index is 5.25. The third kappa shape index (κ3) is 4.01. The van der Waals surface area contributed by atoms with E-state index in [-0.39, 0.29) is 0 Å². The fraction of sp³-hybridized carbons (Fsp3) is 0. The van der Waals surface area contributed by atoms with Gasteiger partial charge < -0.3 is 0 Å². The normalized spacial score (nSPS) is 11.9. The van der Waals surface area contributed by atoms with E-state index < -0.39 is 0 Å². The van der Waals surface area contributed by atoms with Gasteiger partial charge in [0, 0.05) is 43.4 Å². The maximum Gasteiger partial charge on any atom is 0.238 e. The molecule has 0 saturated heterocycles. The van der Waals surface area contributed by atoms with Gasteiger partial charge in [0.15, 0.2) is 11.6 Å². The van der Waals surface area contributed by atoms with Gasteiger partial charge in [-0.2, -0.15) is 9.97 Å². The maximum absolute atomic E-state index is 5.25. The number of aromatic nitrogens is 6. The number of benzene rings is 7. The van der Waals surface area contributed by atoms with Crippen LogP contribution in [0, 0.1) is 0 Å². The summed E-state index contributed by atoms with van der Waals surface area (Å²) in [7, 11) is 0. The molecule has 4 heterocycles. The Morgan fingerprint density at radius 2 is 0.686 bits per heavy atom. The van der Waals surface area contributed by atoms with Crippen LogP contribution in [-0.2, 0) is 0 Å². The lowest BCUT2D eigenvalue weighted by molar-refractivity contribution is 0.775. The van der Waals surface area contributed by atoms with Gasteiger partial charge in [-0.15, -0.1) is 0 Å². The van der Waals surface area contributed by atoms with E-state index in [1.807, 2.05) is 36.4 Å². The molecule has 4 aromatic heterocycles. The molecule has 0 radical (unpaired) electrons. The van der Waals surface area contributed by atoms with E-state index in [4.69, 9.17) is 15.0 Å². The van der Waals surface area contributed by atoms with Crippen molar-refractivity contribution in [3.8, 4) is 28.7 Å². The molecule has 0 atom stereocenters. The minimum Gasteiger partial charge on any atom is -0.276 e. The van der Waals surface area contributed by atoms with E-state index in [1.165, 1.54) is 16.2 Å². The Labute approximate surface area is 292 Å². The molecule has 0 N–H and O–H groups in total. The SMILES string of the molecule is c1ccc(-c2nc(-c3ccccc3)nc(-n3c4ccccc4c4ccc5c6ccccc6n(-n6c7ccccc7c7ccccc76)c5c43)n2)cc1. The van der Waals surface area contributed by atoms with Crippen molar-refractivity contribution in [2.75, 3.05) is 0 Å². The highest BCUT2D eigenvalue weighted by atomic mass is 15.5. The molecule has 0 amide bonds. The molecule has 6 nitrogen and oxygen atoms in total. The number of fused-ring (bicyclic) bond motifs is 10. The summed E-state index contributed by atoms with van der Waals surface area (Å²) in [5.74, 6) is 1.82. The Bertz CT molecular complexity index is 3020. The average Bonchev–Trinajstić information content (AvgIpc) is 3.84. The van der Waals surface area contributed by atoms with E-state index in [9.17, 15) is 0 Å². The first kappa shape index (κ1) is 27.9. The quantitative estimate of drug-likeness (QED) is 0.190. The van der Waals surface area contributed by atoms with E-state index in [1.54, 1.807) is 0 Å². The monoisotopic (exact) mass is 652 g/mol. The molecule has 0 unspecified atom stereocenters. The van der Waals surface area contributed by atoms with Gasteiger partial charge in [0.25, 0.3) is 0 Å². The van der Waals surface area contributed by atoms with Crippen LogP contribution in [0.2, 0.25) is 0 Å². The summed E-state index contributed by atoms with van der Waals surface area (Å²) < 4.78 is 7.04. The fourth-order valence-electron chi connectivity index (χ4n) is 7.91. The van der Waals surface area contributed by atoms with Crippen LogP contribution in [0.15, 0.2) is 170 Å². The first-order chi connectivity index (χ1) is 25.3. The smallest absolute Gasteiger partial charge is 0.238 e. The zero-order chi connectivity index (χ0) is 33.5. The highest BCUT2D eigenvalue weighted by Crippen LogP contribution is 2.42. The van der Waals surface area contributed by atoms with Gasteiger partial charge in [0.2, 0.25) is 5.95 Å². The van der Waals surface area contributed by atoms with Gasteiger partial charge in [-0.3, -0.25) is 4.57 Å². The summed E-state index contributed by atoms with van der Waals surface area (Å²) in [6.07, 6.45) is 0. The molecule has 0 saturated carbocycles. The standard InChI is InChI=1S/C45H28N6/c1-3-15-29(16-4-1)43-46-44(30-17-5-2-6-18-30)48-45(47-43)49-37-23-11-7-21-33(37)35-27-28-36-34-22-10-14-26-40(34)51(42(36)41(35)49)50-38-24-12-8-19-31(38)32-20-9-13-25-39(32)50/h1-28H. The lowest BCUT2D eigenvalue weighted by Crippen LogP contribution is -2.10. The second kappa shape index (κ2) is 10.7. The van der Waals surface area contributed by atoms with E-state index in [0.29, 0.717) is 17.6 Å². The van der Waals surface area contributed by atoms with Crippen LogP contribution in [0.4, 0.5) is 0 Å². The van der Waals surface area contributed by atoms with Crippen molar-refractivity contribution in [1.82, 2.24) is 28.9 Å². The van der Waals surface area contributed by atoms with Crippen molar-refractivity contribution < 1.29 is 0 Å². The van der Waals surface area contributed by atoms with Crippen molar-refractivity contribution >= 4 is 65.4 Å². The van der Waals surface area contributed by atoms with Gasteiger partial charge in [-0.25, -0.2) is 14.3 Å². The highest BCUT2D eigenvalue weighted by molar-refractivity contribution is 6.23. The second-order valence-electron chi connectivity index (χ2n) is 12.9. The molecule has 0 fully saturated rings. The highest BCUT2D eigenvalue weighted by Gasteiger charge is 2.24. The van der Waals surface area contributed by atoms with Crippen molar-refractivity contribution in [3.05, 3.63) is 170 Å².